The molecule has 0 aliphatic heterocycles. The summed E-state index contributed by atoms with van der Waals surface area (Å²) in [5.74, 6) is 0. The van der Waals surface area contributed by atoms with Crippen molar-refractivity contribution in [2.75, 3.05) is 0 Å². The van der Waals surface area contributed by atoms with Crippen LogP contribution in [0.4, 0.5) is 0 Å². The van der Waals surface area contributed by atoms with Crippen LogP contribution in [0.25, 0.3) is 62.9 Å². The molecule has 0 aliphatic rings. The highest BCUT2D eigenvalue weighted by molar-refractivity contribution is 6.12. The lowest BCUT2D eigenvalue weighted by atomic mass is 9.80. The van der Waals surface area contributed by atoms with Crippen molar-refractivity contribution in [3.05, 3.63) is 140 Å². The second-order valence-electron chi connectivity index (χ2n) is 8.24. The molecule has 0 bridgehead atoms. The SMILES string of the molecule is C=C/C(=C\C)c1ccc(-c2c(C=C)c(C=C)c(-c3ccccc3)c3ccccc23)c(C=C)c1C=C. The van der Waals surface area contributed by atoms with Crippen LogP contribution in [-0.4, -0.2) is 0 Å². The number of hydrogen-bond donors (Lipinski definition) is 0. The largest absolute Gasteiger partial charge is 0.0985 e. The average molecular weight is 451 g/mol. The summed E-state index contributed by atoms with van der Waals surface area (Å²) >= 11 is 0. The normalized spacial score (nSPS) is 11.2. The first-order valence-corrected chi connectivity index (χ1v) is 11.7. The van der Waals surface area contributed by atoms with Crippen LogP contribution in [0.1, 0.15) is 34.7 Å². The van der Waals surface area contributed by atoms with Gasteiger partial charge in [-0.1, -0.05) is 136 Å². The number of rotatable bonds is 8. The van der Waals surface area contributed by atoms with Gasteiger partial charge in [0.25, 0.3) is 0 Å². The van der Waals surface area contributed by atoms with Gasteiger partial charge in [-0.25, -0.2) is 0 Å². The predicted molar refractivity (Wildman–Crippen MR) is 159 cm³/mol. The van der Waals surface area contributed by atoms with Gasteiger partial charge in [0, 0.05) is 0 Å². The maximum Gasteiger partial charge on any atom is -0.00203 e. The highest BCUT2D eigenvalue weighted by Crippen LogP contribution is 2.45. The highest BCUT2D eigenvalue weighted by Gasteiger charge is 2.21. The zero-order valence-electron chi connectivity index (χ0n) is 20.4. The fraction of sp³-hybridized carbons (Fsp3) is 0.0286. The Bertz CT molecular complexity index is 1510. The third-order valence-corrected chi connectivity index (χ3v) is 6.57. The maximum absolute atomic E-state index is 4.22. The van der Waals surface area contributed by atoms with E-state index >= 15 is 0 Å². The Morgan fingerprint density at radius 2 is 1.11 bits per heavy atom. The van der Waals surface area contributed by atoms with E-state index in [0.717, 1.165) is 55.5 Å². The lowest BCUT2D eigenvalue weighted by molar-refractivity contribution is 1.51. The quantitative estimate of drug-likeness (QED) is 0.234. The Balaban J connectivity index is 2.21. The van der Waals surface area contributed by atoms with Crippen molar-refractivity contribution in [3.8, 4) is 22.3 Å². The summed E-state index contributed by atoms with van der Waals surface area (Å²) < 4.78 is 0. The van der Waals surface area contributed by atoms with E-state index in [4.69, 9.17) is 0 Å². The van der Waals surface area contributed by atoms with Crippen LogP contribution in [0.3, 0.4) is 0 Å². The van der Waals surface area contributed by atoms with E-state index in [9.17, 15) is 0 Å². The van der Waals surface area contributed by atoms with E-state index in [1.165, 1.54) is 10.9 Å². The minimum Gasteiger partial charge on any atom is -0.0985 e. The van der Waals surface area contributed by atoms with E-state index < -0.39 is 0 Å². The van der Waals surface area contributed by atoms with Crippen molar-refractivity contribution < 1.29 is 0 Å². The molecule has 0 atom stereocenters. The van der Waals surface area contributed by atoms with Gasteiger partial charge >= 0.3 is 0 Å². The second-order valence-corrected chi connectivity index (χ2v) is 8.24. The van der Waals surface area contributed by atoms with Crippen LogP contribution in [0, 0.1) is 0 Å². The Hall–Kier alpha value is -4.42. The van der Waals surface area contributed by atoms with Gasteiger partial charge < -0.3 is 0 Å². The van der Waals surface area contributed by atoms with Gasteiger partial charge in [0.05, 0.1) is 0 Å². The molecule has 35 heavy (non-hydrogen) atoms. The summed E-state index contributed by atoms with van der Waals surface area (Å²) in [6.07, 6.45) is 11.7. The Morgan fingerprint density at radius 3 is 1.66 bits per heavy atom. The van der Waals surface area contributed by atoms with Crippen LogP contribution in [0.15, 0.2) is 112 Å². The summed E-state index contributed by atoms with van der Waals surface area (Å²) in [6, 6.07) is 23.4. The van der Waals surface area contributed by atoms with Gasteiger partial charge in [-0.3, -0.25) is 0 Å². The standard InChI is InChI=1S/C35H30/c1-7-24(8-2)30-22-23-33(27(10-4)26(30)9-3)35-29(12-6)28(11-5)34(25-18-14-13-15-19-25)31-20-16-17-21-32(31)35/h7-23H,1,3-6H2,2H3/b24-8+. The van der Waals surface area contributed by atoms with Gasteiger partial charge in [0.2, 0.25) is 0 Å². The topological polar surface area (TPSA) is 0 Å². The summed E-state index contributed by atoms with van der Waals surface area (Å²) in [5, 5.41) is 2.33. The second kappa shape index (κ2) is 10.2. The number of allylic oxidation sites excluding steroid dienone is 3. The summed E-state index contributed by atoms with van der Waals surface area (Å²) in [5.41, 5.74) is 10.9. The van der Waals surface area contributed by atoms with E-state index in [1.807, 2.05) is 43.4 Å². The van der Waals surface area contributed by atoms with Crippen molar-refractivity contribution in [1.82, 2.24) is 0 Å². The van der Waals surface area contributed by atoms with Gasteiger partial charge in [-0.15, -0.1) is 0 Å². The van der Waals surface area contributed by atoms with Crippen LogP contribution in [0.5, 0.6) is 0 Å². The zero-order chi connectivity index (χ0) is 24.9. The Kier molecular flexibility index (Phi) is 6.94. The molecule has 4 aromatic rings. The molecule has 0 saturated heterocycles. The van der Waals surface area contributed by atoms with Crippen molar-refractivity contribution in [3.63, 3.8) is 0 Å². The number of benzene rings is 4. The molecule has 0 radical (unpaired) electrons. The van der Waals surface area contributed by atoms with E-state index in [1.54, 1.807) is 0 Å². The van der Waals surface area contributed by atoms with E-state index in [0.29, 0.717) is 0 Å². The molecule has 0 aliphatic carbocycles. The molecule has 0 unspecified atom stereocenters. The molecule has 0 heterocycles. The fourth-order valence-corrected chi connectivity index (χ4v) is 5.04. The van der Waals surface area contributed by atoms with Gasteiger partial charge in [0.1, 0.15) is 0 Å². The van der Waals surface area contributed by atoms with E-state index in [2.05, 4.69) is 99.6 Å². The third-order valence-electron chi connectivity index (χ3n) is 6.57. The van der Waals surface area contributed by atoms with Gasteiger partial charge in [-0.05, 0) is 73.3 Å². The third kappa shape index (κ3) is 3.94. The molecule has 0 aromatic heterocycles. The molecule has 0 spiro atoms. The molecule has 0 nitrogen and oxygen atoms in total. The minimum atomic E-state index is 1.04. The van der Waals surface area contributed by atoms with Crippen LogP contribution in [-0.2, 0) is 0 Å². The van der Waals surface area contributed by atoms with Crippen LogP contribution >= 0.6 is 0 Å². The molecule has 0 heteroatoms. The monoisotopic (exact) mass is 450 g/mol. The lowest BCUT2D eigenvalue weighted by Gasteiger charge is -2.22. The molecule has 0 saturated carbocycles. The lowest BCUT2D eigenvalue weighted by Crippen LogP contribution is -1.99. The average Bonchev–Trinajstić information content (AvgIpc) is 2.92. The zero-order valence-corrected chi connectivity index (χ0v) is 20.4. The van der Waals surface area contributed by atoms with Gasteiger partial charge in [0.15, 0.2) is 0 Å². The van der Waals surface area contributed by atoms with Crippen LogP contribution in [0.2, 0.25) is 0 Å². The fourth-order valence-electron chi connectivity index (χ4n) is 5.04. The molecule has 0 fully saturated rings. The van der Waals surface area contributed by atoms with Crippen molar-refractivity contribution in [1.29, 1.82) is 0 Å². The first-order valence-electron chi connectivity index (χ1n) is 11.7. The van der Waals surface area contributed by atoms with Crippen molar-refractivity contribution in [2.24, 2.45) is 0 Å². The molecule has 4 rings (SSSR count). The van der Waals surface area contributed by atoms with Crippen LogP contribution < -0.4 is 0 Å². The number of fused-ring (bicyclic) bond motifs is 1. The smallest absolute Gasteiger partial charge is 0.00203 e. The van der Waals surface area contributed by atoms with Gasteiger partial charge in [-0.2, -0.15) is 0 Å². The van der Waals surface area contributed by atoms with Crippen molar-refractivity contribution in [2.45, 2.75) is 6.92 Å². The molecular formula is C35H30. The molecular weight excluding hydrogens is 420 g/mol. The molecule has 4 aromatic carbocycles. The predicted octanol–water partition coefficient (Wildman–Crippen LogP) is 10.3. The first-order chi connectivity index (χ1) is 17.1. The number of hydrogen-bond acceptors (Lipinski definition) is 0. The highest BCUT2D eigenvalue weighted by atomic mass is 14.2. The molecule has 0 N–H and O–H groups in total. The summed E-state index contributed by atoms with van der Waals surface area (Å²) in [6.45, 7) is 22.8. The first kappa shape index (κ1) is 23.7. The Labute approximate surface area is 209 Å². The Morgan fingerprint density at radius 1 is 0.571 bits per heavy atom. The summed E-state index contributed by atoms with van der Waals surface area (Å²) in [4.78, 5) is 0. The molecule has 0 amide bonds. The minimum absolute atomic E-state index is 1.04. The maximum atomic E-state index is 4.22. The van der Waals surface area contributed by atoms with Crippen molar-refractivity contribution >= 4 is 40.6 Å². The summed E-state index contributed by atoms with van der Waals surface area (Å²) in [7, 11) is 0. The molecule has 170 valence electrons. The van der Waals surface area contributed by atoms with E-state index in [-0.39, 0.29) is 0 Å².